The zero-order valence-corrected chi connectivity index (χ0v) is 9.33. The third kappa shape index (κ3) is 3.83. The second kappa shape index (κ2) is 5.66. The molecule has 0 aromatic heterocycles. The van der Waals surface area contributed by atoms with E-state index in [1.165, 1.54) is 11.8 Å². The van der Waals surface area contributed by atoms with Crippen LogP contribution in [0.5, 0.6) is 5.75 Å². The van der Waals surface area contributed by atoms with E-state index < -0.39 is 5.97 Å². The predicted molar refractivity (Wildman–Crippen MR) is 60.2 cm³/mol. The van der Waals surface area contributed by atoms with Crippen molar-refractivity contribution < 1.29 is 15.0 Å². The molecule has 0 radical (unpaired) electrons. The second-order valence-corrected chi connectivity index (χ2v) is 4.34. The minimum Gasteiger partial charge on any atom is -0.508 e. The largest absolute Gasteiger partial charge is 0.508 e. The molecule has 0 fully saturated rings. The molecule has 1 unspecified atom stereocenters. The van der Waals surface area contributed by atoms with Gasteiger partial charge in [-0.15, -0.1) is 11.8 Å². The van der Waals surface area contributed by atoms with Crippen molar-refractivity contribution in [3.63, 3.8) is 0 Å². The summed E-state index contributed by atoms with van der Waals surface area (Å²) in [5, 5.41) is 17.9. The van der Waals surface area contributed by atoms with Crippen molar-refractivity contribution in [1.29, 1.82) is 0 Å². The topological polar surface area (TPSA) is 57.5 Å². The molecular weight excluding hydrogens is 212 g/mol. The number of aromatic hydroxyl groups is 1. The number of carbonyl (C=O) groups is 1. The van der Waals surface area contributed by atoms with E-state index in [9.17, 15) is 4.79 Å². The Labute approximate surface area is 93.1 Å². The number of hydrogen-bond acceptors (Lipinski definition) is 3. The second-order valence-electron chi connectivity index (χ2n) is 3.25. The fourth-order valence-electron chi connectivity index (χ4n) is 1.10. The number of carboxylic acids is 1. The molecular formula is C11H14O3S. The van der Waals surface area contributed by atoms with E-state index >= 15 is 0 Å². The number of aliphatic carboxylic acids is 1. The average molecular weight is 226 g/mol. The van der Waals surface area contributed by atoms with Gasteiger partial charge in [-0.1, -0.05) is 6.92 Å². The number of phenols is 1. The summed E-state index contributed by atoms with van der Waals surface area (Å²) in [5.74, 6) is -0.256. The van der Waals surface area contributed by atoms with Crippen LogP contribution in [0, 0.1) is 5.92 Å². The first kappa shape index (κ1) is 11.9. The van der Waals surface area contributed by atoms with Gasteiger partial charge in [0.2, 0.25) is 0 Å². The summed E-state index contributed by atoms with van der Waals surface area (Å²) in [5.41, 5.74) is 0. The lowest BCUT2D eigenvalue weighted by molar-refractivity contribution is -0.140. The van der Waals surface area contributed by atoms with Gasteiger partial charge in [-0.3, -0.25) is 4.79 Å². The lowest BCUT2D eigenvalue weighted by Crippen LogP contribution is -2.14. The summed E-state index contributed by atoms with van der Waals surface area (Å²) >= 11 is 1.50. The number of phenolic OH excluding ortho intramolecular Hbond substituents is 1. The molecule has 0 spiro atoms. The Kier molecular flexibility index (Phi) is 4.49. The van der Waals surface area contributed by atoms with Crippen LogP contribution in [0.3, 0.4) is 0 Å². The van der Waals surface area contributed by atoms with Gasteiger partial charge in [-0.2, -0.15) is 0 Å². The normalized spacial score (nSPS) is 12.3. The van der Waals surface area contributed by atoms with Crippen LogP contribution in [0.15, 0.2) is 29.2 Å². The van der Waals surface area contributed by atoms with Gasteiger partial charge in [0.15, 0.2) is 0 Å². The van der Waals surface area contributed by atoms with E-state index in [0.29, 0.717) is 12.2 Å². The number of benzene rings is 1. The van der Waals surface area contributed by atoms with Gasteiger partial charge in [0.1, 0.15) is 5.75 Å². The molecule has 0 saturated heterocycles. The third-order valence-corrected chi connectivity index (χ3v) is 3.30. The van der Waals surface area contributed by atoms with Crippen LogP contribution >= 0.6 is 11.8 Å². The van der Waals surface area contributed by atoms with E-state index in [2.05, 4.69) is 0 Å². The van der Waals surface area contributed by atoms with Crippen LogP contribution in [0.2, 0.25) is 0 Å². The van der Waals surface area contributed by atoms with Gasteiger partial charge in [-0.05, 0) is 30.7 Å². The van der Waals surface area contributed by atoms with Crippen molar-refractivity contribution >= 4 is 17.7 Å². The molecule has 1 aromatic rings. The van der Waals surface area contributed by atoms with Gasteiger partial charge in [0, 0.05) is 10.6 Å². The Morgan fingerprint density at radius 3 is 2.47 bits per heavy atom. The average Bonchev–Trinajstić information content (AvgIpc) is 2.21. The number of carboxylic acid groups (broad SMARTS) is 1. The van der Waals surface area contributed by atoms with E-state index in [0.717, 1.165) is 4.90 Å². The first-order chi connectivity index (χ1) is 7.13. The zero-order valence-electron chi connectivity index (χ0n) is 8.51. The summed E-state index contributed by atoms with van der Waals surface area (Å²) in [6, 6.07) is 6.78. The van der Waals surface area contributed by atoms with Crippen molar-refractivity contribution in [2.45, 2.75) is 18.2 Å². The SMILES string of the molecule is CCC(CSc1ccc(O)cc1)C(=O)O. The standard InChI is InChI=1S/C11H14O3S/c1-2-8(11(13)14)7-15-10-5-3-9(12)4-6-10/h3-6,8,12H,2,7H2,1H3,(H,13,14). The lowest BCUT2D eigenvalue weighted by atomic mass is 10.1. The fraction of sp³-hybridized carbons (Fsp3) is 0.364. The first-order valence-corrected chi connectivity index (χ1v) is 5.76. The minimum absolute atomic E-state index is 0.227. The van der Waals surface area contributed by atoms with Crippen LogP contribution < -0.4 is 0 Å². The van der Waals surface area contributed by atoms with E-state index in [4.69, 9.17) is 10.2 Å². The number of hydrogen-bond donors (Lipinski definition) is 2. The van der Waals surface area contributed by atoms with Crippen molar-refractivity contribution in [2.24, 2.45) is 5.92 Å². The highest BCUT2D eigenvalue weighted by molar-refractivity contribution is 7.99. The van der Waals surface area contributed by atoms with Gasteiger partial charge in [0.05, 0.1) is 5.92 Å². The highest BCUT2D eigenvalue weighted by Crippen LogP contribution is 2.23. The lowest BCUT2D eigenvalue weighted by Gasteiger charge is -2.08. The van der Waals surface area contributed by atoms with E-state index in [1.807, 2.05) is 6.92 Å². The van der Waals surface area contributed by atoms with Gasteiger partial charge < -0.3 is 10.2 Å². The monoisotopic (exact) mass is 226 g/mol. The highest BCUT2D eigenvalue weighted by atomic mass is 32.2. The van der Waals surface area contributed by atoms with Crippen LogP contribution in [0.4, 0.5) is 0 Å². The maximum atomic E-state index is 10.8. The maximum Gasteiger partial charge on any atom is 0.307 e. The zero-order chi connectivity index (χ0) is 11.3. The molecule has 1 aromatic carbocycles. The van der Waals surface area contributed by atoms with Crippen molar-refractivity contribution in [1.82, 2.24) is 0 Å². The van der Waals surface area contributed by atoms with Crippen LogP contribution in [-0.4, -0.2) is 21.9 Å². The Balaban J connectivity index is 2.49. The van der Waals surface area contributed by atoms with Gasteiger partial charge >= 0.3 is 5.97 Å². The third-order valence-electron chi connectivity index (χ3n) is 2.13. The molecule has 1 rings (SSSR count). The van der Waals surface area contributed by atoms with Gasteiger partial charge in [0.25, 0.3) is 0 Å². The van der Waals surface area contributed by atoms with Gasteiger partial charge in [-0.25, -0.2) is 0 Å². The number of thioether (sulfide) groups is 1. The highest BCUT2D eigenvalue weighted by Gasteiger charge is 2.14. The Morgan fingerprint density at radius 1 is 1.40 bits per heavy atom. The molecule has 15 heavy (non-hydrogen) atoms. The summed E-state index contributed by atoms with van der Waals surface area (Å²) in [6.07, 6.45) is 0.639. The molecule has 3 nitrogen and oxygen atoms in total. The van der Waals surface area contributed by atoms with Crippen LogP contribution in [-0.2, 0) is 4.79 Å². The smallest absolute Gasteiger partial charge is 0.307 e. The quantitative estimate of drug-likeness (QED) is 0.758. The molecule has 0 aliphatic heterocycles. The molecule has 0 amide bonds. The van der Waals surface area contributed by atoms with Crippen LogP contribution in [0.25, 0.3) is 0 Å². The van der Waals surface area contributed by atoms with Crippen LogP contribution in [0.1, 0.15) is 13.3 Å². The maximum absolute atomic E-state index is 10.8. The summed E-state index contributed by atoms with van der Waals surface area (Å²) < 4.78 is 0. The fourth-order valence-corrected chi connectivity index (χ4v) is 2.20. The number of rotatable bonds is 5. The summed E-state index contributed by atoms with van der Waals surface area (Å²) in [4.78, 5) is 11.7. The van der Waals surface area contributed by atoms with E-state index in [1.54, 1.807) is 24.3 Å². The molecule has 0 saturated carbocycles. The molecule has 0 aliphatic rings. The molecule has 0 bridgehead atoms. The Hall–Kier alpha value is -1.16. The minimum atomic E-state index is -0.747. The van der Waals surface area contributed by atoms with Crippen molar-refractivity contribution in [3.8, 4) is 5.75 Å². The molecule has 4 heteroatoms. The van der Waals surface area contributed by atoms with Crippen molar-refractivity contribution in [3.05, 3.63) is 24.3 Å². The summed E-state index contributed by atoms with van der Waals surface area (Å²) in [7, 11) is 0. The summed E-state index contributed by atoms with van der Waals surface area (Å²) in [6.45, 7) is 1.87. The molecule has 1 atom stereocenters. The molecule has 0 aliphatic carbocycles. The first-order valence-electron chi connectivity index (χ1n) is 4.78. The molecule has 2 N–H and O–H groups in total. The van der Waals surface area contributed by atoms with Crippen molar-refractivity contribution in [2.75, 3.05) is 5.75 Å². The molecule has 82 valence electrons. The Morgan fingerprint density at radius 2 is 2.00 bits per heavy atom. The molecule has 0 heterocycles. The van der Waals surface area contributed by atoms with E-state index in [-0.39, 0.29) is 11.7 Å². The predicted octanol–water partition coefficient (Wildman–Crippen LogP) is 2.60. The Bertz CT molecular complexity index is 321.